The first kappa shape index (κ1) is 25.6. The number of ether oxygens (including phenoxy) is 1. The fourth-order valence-electron chi connectivity index (χ4n) is 3.47. The Morgan fingerprint density at radius 1 is 1.09 bits per heavy atom. The van der Waals surface area contributed by atoms with Crippen LogP contribution in [0.2, 0.25) is 0 Å². The average molecular weight is 486 g/mol. The fourth-order valence-corrected chi connectivity index (χ4v) is 4.74. The van der Waals surface area contributed by atoms with Gasteiger partial charge < -0.3 is 14.7 Å². The van der Waals surface area contributed by atoms with Crippen molar-refractivity contribution in [2.45, 2.75) is 50.3 Å². The number of hydrogen-bond acceptors (Lipinski definition) is 6. The van der Waals surface area contributed by atoms with E-state index in [1.165, 1.54) is 11.0 Å². The number of aliphatic hydroxyl groups is 1. The molecule has 2 atom stereocenters. The number of benzene rings is 2. The van der Waals surface area contributed by atoms with Gasteiger partial charge in [-0.15, -0.1) is 0 Å². The highest BCUT2D eigenvalue weighted by molar-refractivity contribution is 7.89. The van der Waals surface area contributed by atoms with Crippen molar-refractivity contribution in [2.75, 3.05) is 13.1 Å². The first-order chi connectivity index (χ1) is 15.9. The molecule has 1 amide bonds. The van der Waals surface area contributed by atoms with E-state index in [2.05, 4.69) is 9.71 Å². The van der Waals surface area contributed by atoms with Crippen LogP contribution in [0.25, 0.3) is 10.8 Å². The molecule has 0 saturated carbocycles. The Morgan fingerprint density at radius 3 is 2.47 bits per heavy atom. The van der Waals surface area contributed by atoms with Gasteiger partial charge in [0.25, 0.3) is 0 Å². The molecule has 2 N–H and O–H groups in total. The highest BCUT2D eigenvalue weighted by atomic mass is 32.2. The molecule has 182 valence electrons. The number of rotatable bonds is 8. The number of aliphatic hydroxyl groups excluding tert-OH is 1. The number of amides is 1. The van der Waals surface area contributed by atoms with Crippen LogP contribution in [0.4, 0.5) is 4.79 Å². The molecule has 2 aromatic carbocycles. The fraction of sp³-hybridized carbons (Fsp3) is 0.360. The first-order valence-corrected chi connectivity index (χ1v) is 12.5. The largest absolute Gasteiger partial charge is 0.444 e. The molecular formula is C25H31N3O5S. The SMILES string of the molecule is C[C@H](CN(C[C@@H](O)c1ccccc1)C(=O)OC(C)(C)C)NS(=O)(=O)c1ccc2cnccc2c1. The second kappa shape index (κ2) is 10.5. The minimum absolute atomic E-state index is 0.00946. The van der Waals surface area contributed by atoms with Crippen molar-refractivity contribution in [3.8, 4) is 0 Å². The van der Waals surface area contributed by atoms with E-state index in [0.29, 0.717) is 5.56 Å². The van der Waals surface area contributed by atoms with Crippen LogP contribution in [0, 0.1) is 0 Å². The van der Waals surface area contributed by atoms with Crippen LogP contribution in [0.3, 0.4) is 0 Å². The van der Waals surface area contributed by atoms with Gasteiger partial charge in [-0.25, -0.2) is 17.9 Å². The zero-order valence-electron chi connectivity index (χ0n) is 19.8. The number of nitrogens with zero attached hydrogens (tertiary/aromatic N) is 2. The summed E-state index contributed by atoms with van der Waals surface area (Å²) in [6.45, 7) is 6.87. The average Bonchev–Trinajstić information content (AvgIpc) is 2.77. The van der Waals surface area contributed by atoms with Crippen molar-refractivity contribution in [3.05, 3.63) is 72.6 Å². The molecule has 0 aliphatic rings. The summed E-state index contributed by atoms with van der Waals surface area (Å²) in [6, 6.07) is 14.9. The molecule has 0 saturated heterocycles. The molecule has 1 aromatic heterocycles. The van der Waals surface area contributed by atoms with E-state index < -0.39 is 33.9 Å². The Hall–Kier alpha value is -3.01. The van der Waals surface area contributed by atoms with Crippen molar-refractivity contribution < 1.29 is 23.1 Å². The minimum Gasteiger partial charge on any atom is -0.444 e. The van der Waals surface area contributed by atoms with Crippen molar-refractivity contribution in [1.29, 1.82) is 0 Å². The summed E-state index contributed by atoms with van der Waals surface area (Å²) < 4.78 is 34.1. The maximum absolute atomic E-state index is 13.0. The molecule has 0 aliphatic carbocycles. The van der Waals surface area contributed by atoms with E-state index in [-0.39, 0.29) is 18.0 Å². The molecule has 0 unspecified atom stereocenters. The highest BCUT2D eigenvalue weighted by Gasteiger charge is 2.27. The zero-order valence-corrected chi connectivity index (χ0v) is 20.6. The summed E-state index contributed by atoms with van der Waals surface area (Å²) in [5.41, 5.74) is -0.0923. The summed E-state index contributed by atoms with van der Waals surface area (Å²) in [4.78, 5) is 18.3. The lowest BCUT2D eigenvalue weighted by Crippen LogP contribution is -2.47. The first-order valence-electron chi connectivity index (χ1n) is 11.0. The third kappa shape index (κ3) is 6.99. The Kier molecular flexibility index (Phi) is 7.91. The van der Waals surface area contributed by atoms with Gasteiger partial charge in [0, 0.05) is 30.4 Å². The molecule has 0 radical (unpaired) electrons. The van der Waals surface area contributed by atoms with Gasteiger partial charge in [-0.05, 0) is 56.8 Å². The minimum atomic E-state index is -3.85. The molecule has 9 heteroatoms. The van der Waals surface area contributed by atoms with Crippen molar-refractivity contribution in [2.24, 2.45) is 0 Å². The summed E-state index contributed by atoms with van der Waals surface area (Å²) >= 11 is 0. The topological polar surface area (TPSA) is 109 Å². The number of pyridine rings is 1. The van der Waals surface area contributed by atoms with Crippen molar-refractivity contribution in [3.63, 3.8) is 0 Å². The maximum atomic E-state index is 13.0. The van der Waals surface area contributed by atoms with Gasteiger partial charge in [-0.2, -0.15) is 0 Å². The third-order valence-electron chi connectivity index (χ3n) is 5.00. The molecule has 0 fully saturated rings. The van der Waals surface area contributed by atoms with Crippen LogP contribution in [-0.4, -0.2) is 54.2 Å². The lowest BCUT2D eigenvalue weighted by Gasteiger charge is -2.31. The van der Waals surface area contributed by atoms with Gasteiger partial charge in [-0.1, -0.05) is 36.4 Å². The summed E-state index contributed by atoms with van der Waals surface area (Å²) in [5, 5.41) is 12.3. The number of nitrogens with one attached hydrogen (secondary N) is 1. The molecule has 0 bridgehead atoms. The second-order valence-electron chi connectivity index (χ2n) is 9.22. The normalized spacial score (nSPS) is 13.9. The standard InChI is InChI=1S/C25H31N3O5S/c1-18(27-34(31,32)22-11-10-21-15-26-13-12-20(21)14-22)16-28(24(30)33-25(2,3)4)17-23(29)19-8-6-5-7-9-19/h5-15,18,23,27,29H,16-17H2,1-4H3/t18-,23-/m1/s1. The van der Waals surface area contributed by atoms with Gasteiger partial charge in [0.1, 0.15) is 5.60 Å². The lowest BCUT2D eigenvalue weighted by molar-refractivity contribution is 0.0131. The van der Waals surface area contributed by atoms with Gasteiger partial charge in [0.2, 0.25) is 10.0 Å². The van der Waals surface area contributed by atoms with Crippen LogP contribution in [0.5, 0.6) is 0 Å². The molecular weight excluding hydrogens is 454 g/mol. The molecule has 3 aromatic rings. The Balaban J connectivity index is 1.76. The van der Waals surface area contributed by atoms with Crippen molar-refractivity contribution in [1.82, 2.24) is 14.6 Å². The molecule has 8 nitrogen and oxygen atoms in total. The van der Waals surface area contributed by atoms with Crippen LogP contribution in [0.1, 0.15) is 39.4 Å². The maximum Gasteiger partial charge on any atom is 0.410 e. The predicted molar refractivity (Wildman–Crippen MR) is 131 cm³/mol. The van der Waals surface area contributed by atoms with E-state index in [1.54, 1.807) is 82.6 Å². The number of sulfonamides is 1. The highest BCUT2D eigenvalue weighted by Crippen LogP contribution is 2.20. The summed E-state index contributed by atoms with van der Waals surface area (Å²) in [6.07, 6.45) is 1.68. The number of carbonyl (C=O) groups is 1. The Morgan fingerprint density at radius 2 is 1.79 bits per heavy atom. The molecule has 1 heterocycles. The predicted octanol–water partition coefficient (Wildman–Crippen LogP) is 3.87. The van der Waals surface area contributed by atoms with Crippen LogP contribution in [-0.2, 0) is 14.8 Å². The smallest absolute Gasteiger partial charge is 0.410 e. The molecule has 0 aliphatic heterocycles. The van der Waals surface area contributed by atoms with Gasteiger partial charge in [-0.3, -0.25) is 4.98 Å². The number of aromatic nitrogens is 1. The summed E-state index contributed by atoms with van der Waals surface area (Å²) in [5.74, 6) is 0. The van der Waals surface area contributed by atoms with E-state index in [4.69, 9.17) is 4.74 Å². The van der Waals surface area contributed by atoms with Crippen LogP contribution >= 0.6 is 0 Å². The third-order valence-corrected chi connectivity index (χ3v) is 6.59. The number of fused-ring (bicyclic) bond motifs is 1. The van der Waals surface area contributed by atoms with Crippen molar-refractivity contribution >= 4 is 26.9 Å². The molecule has 0 spiro atoms. The zero-order chi connectivity index (χ0) is 24.9. The Bertz CT molecular complexity index is 1230. The van der Waals surface area contributed by atoms with E-state index in [1.807, 2.05) is 6.07 Å². The van der Waals surface area contributed by atoms with Gasteiger partial charge >= 0.3 is 6.09 Å². The Labute approximate surface area is 200 Å². The van der Waals surface area contributed by atoms with E-state index in [9.17, 15) is 18.3 Å². The van der Waals surface area contributed by atoms with Gasteiger partial charge in [0.05, 0.1) is 17.5 Å². The number of hydrogen-bond donors (Lipinski definition) is 2. The number of carbonyl (C=O) groups excluding carboxylic acids is 1. The molecule has 3 rings (SSSR count). The van der Waals surface area contributed by atoms with Crippen LogP contribution < -0.4 is 4.72 Å². The van der Waals surface area contributed by atoms with Gasteiger partial charge in [0.15, 0.2) is 0 Å². The van der Waals surface area contributed by atoms with E-state index in [0.717, 1.165) is 10.8 Å². The van der Waals surface area contributed by atoms with E-state index >= 15 is 0 Å². The molecule has 34 heavy (non-hydrogen) atoms. The lowest BCUT2D eigenvalue weighted by atomic mass is 10.1. The monoisotopic (exact) mass is 485 g/mol. The van der Waals surface area contributed by atoms with Crippen LogP contribution in [0.15, 0.2) is 71.9 Å². The second-order valence-corrected chi connectivity index (χ2v) is 10.9. The quantitative estimate of drug-likeness (QED) is 0.501. The summed E-state index contributed by atoms with van der Waals surface area (Å²) in [7, 11) is -3.85.